The Bertz CT molecular complexity index is 496. The lowest BCUT2D eigenvalue weighted by molar-refractivity contribution is -0.322. The Labute approximate surface area is 139 Å². The molecule has 0 aromatic rings. The Morgan fingerprint density at radius 1 is 0.962 bits per heavy atom. The summed E-state index contributed by atoms with van der Waals surface area (Å²) in [6.07, 6.45) is -30.6. The highest BCUT2D eigenvalue weighted by Crippen LogP contribution is 2.45. The van der Waals surface area contributed by atoms with Gasteiger partial charge in [-0.25, -0.2) is 8.78 Å². The molecular formula is C12H13F11O3. The smallest absolute Gasteiger partial charge is 0.425 e. The molecule has 1 N–H and O–H groups in total. The molecule has 0 radical (unpaired) electrons. The summed E-state index contributed by atoms with van der Waals surface area (Å²) < 4.78 is 143. The van der Waals surface area contributed by atoms with Crippen LogP contribution in [0, 0.1) is 5.41 Å². The Morgan fingerprint density at radius 2 is 1.38 bits per heavy atom. The van der Waals surface area contributed by atoms with Crippen LogP contribution in [0.15, 0.2) is 0 Å². The summed E-state index contributed by atoms with van der Waals surface area (Å²) in [5, 5.41) is 8.90. The summed E-state index contributed by atoms with van der Waals surface area (Å²) in [7, 11) is 0. The molecular weight excluding hydrogens is 401 g/mol. The SMILES string of the molecule is CCC(C)(C(=O)OC(CC(O)(C(F)F)C(F)(F)F)C(F)(F)F)C(F)(F)F. The minimum atomic E-state index is -6.28. The quantitative estimate of drug-likeness (QED) is 0.518. The Hall–Kier alpha value is -1.34. The second-order valence-electron chi connectivity index (χ2n) is 5.55. The Balaban J connectivity index is 5.87. The monoisotopic (exact) mass is 414 g/mol. The van der Waals surface area contributed by atoms with Crippen molar-refractivity contribution in [1.82, 2.24) is 0 Å². The molecule has 0 saturated heterocycles. The van der Waals surface area contributed by atoms with Crippen molar-refractivity contribution in [2.75, 3.05) is 0 Å². The van der Waals surface area contributed by atoms with Crippen molar-refractivity contribution in [2.24, 2.45) is 5.41 Å². The fourth-order valence-electron chi connectivity index (χ4n) is 1.56. The lowest BCUT2D eigenvalue weighted by atomic mass is 9.86. The largest absolute Gasteiger partial charge is 0.452 e. The summed E-state index contributed by atoms with van der Waals surface area (Å²) in [6, 6.07) is 0. The molecule has 0 fully saturated rings. The topological polar surface area (TPSA) is 46.5 Å². The summed E-state index contributed by atoms with van der Waals surface area (Å²) in [4.78, 5) is 11.5. The molecule has 0 amide bonds. The number of halogens is 11. The van der Waals surface area contributed by atoms with E-state index in [1.54, 1.807) is 0 Å². The molecule has 0 aliphatic heterocycles. The molecule has 3 unspecified atom stereocenters. The van der Waals surface area contributed by atoms with Crippen molar-refractivity contribution in [2.45, 2.75) is 63.3 Å². The molecule has 0 aliphatic carbocycles. The van der Waals surface area contributed by atoms with E-state index in [4.69, 9.17) is 5.11 Å². The molecule has 0 spiro atoms. The zero-order valence-electron chi connectivity index (χ0n) is 13.0. The third kappa shape index (κ3) is 4.88. The van der Waals surface area contributed by atoms with Gasteiger partial charge < -0.3 is 9.84 Å². The summed E-state index contributed by atoms with van der Waals surface area (Å²) in [5.41, 5.74) is -8.79. The van der Waals surface area contributed by atoms with Crippen LogP contribution >= 0.6 is 0 Å². The van der Waals surface area contributed by atoms with Crippen molar-refractivity contribution in [3.05, 3.63) is 0 Å². The van der Waals surface area contributed by atoms with Gasteiger partial charge in [-0.1, -0.05) is 6.92 Å². The molecule has 0 aliphatic rings. The van der Waals surface area contributed by atoms with Crippen LogP contribution in [0.1, 0.15) is 26.7 Å². The Morgan fingerprint density at radius 3 is 1.62 bits per heavy atom. The highest BCUT2D eigenvalue weighted by Gasteiger charge is 2.65. The number of carbonyl (C=O) groups excluding carboxylic acids is 1. The minimum Gasteiger partial charge on any atom is -0.452 e. The average molecular weight is 414 g/mol. The number of esters is 1. The first-order chi connectivity index (χ1) is 11.2. The second-order valence-corrected chi connectivity index (χ2v) is 5.55. The third-order valence-corrected chi connectivity index (χ3v) is 3.75. The van der Waals surface area contributed by atoms with Crippen LogP contribution in [0.25, 0.3) is 0 Å². The van der Waals surface area contributed by atoms with Gasteiger partial charge in [0.25, 0.3) is 6.43 Å². The average Bonchev–Trinajstić information content (AvgIpc) is 2.41. The van der Waals surface area contributed by atoms with E-state index >= 15 is 0 Å². The lowest BCUT2D eigenvalue weighted by Gasteiger charge is -2.35. The van der Waals surface area contributed by atoms with Crippen molar-refractivity contribution in [1.29, 1.82) is 0 Å². The maximum atomic E-state index is 12.8. The zero-order chi connectivity index (χ0) is 21.4. The molecule has 0 bridgehead atoms. The fourth-order valence-corrected chi connectivity index (χ4v) is 1.56. The number of aliphatic hydroxyl groups is 1. The van der Waals surface area contributed by atoms with Crippen molar-refractivity contribution in [3.63, 3.8) is 0 Å². The fraction of sp³-hybridized carbons (Fsp3) is 0.917. The predicted octanol–water partition coefficient (Wildman–Crippen LogP) is 4.39. The van der Waals surface area contributed by atoms with E-state index < -0.39 is 60.9 Å². The molecule has 26 heavy (non-hydrogen) atoms. The molecule has 3 atom stereocenters. The summed E-state index contributed by atoms with van der Waals surface area (Å²) >= 11 is 0. The second kappa shape index (κ2) is 7.35. The number of ether oxygens (including phenoxy) is 1. The molecule has 0 heterocycles. The molecule has 0 saturated carbocycles. The highest BCUT2D eigenvalue weighted by atomic mass is 19.4. The number of rotatable bonds is 6. The van der Waals surface area contributed by atoms with E-state index in [1.165, 1.54) is 0 Å². The van der Waals surface area contributed by atoms with Gasteiger partial charge in [0, 0.05) is 6.42 Å². The van der Waals surface area contributed by atoms with Crippen LogP contribution < -0.4 is 0 Å². The summed E-state index contributed by atoms with van der Waals surface area (Å²) in [6.45, 7) is 0.869. The van der Waals surface area contributed by atoms with Gasteiger partial charge in [0.15, 0.2) is 5.41 Å². The van der Waals surface area contributed by atoms with Crippen LogP contribution in [0.3, 0.4) is 0 Å². The number of hydrogen-bond donors (Lipinski definition) is 1. The van der Waals surface area contributed by atoms with E-state index in [-0.39, 0.29) is 6.92 Å². The first kappa shape index (κ1) is 24.7. The van der Waals surface area contributed by atoms with Crippen LogP contribution in [-0.2, 0) is 9.53 Å². The van der Waals surface area contributed by atoms with Crippen LogP contribution in [0.5, 0.6) is 0 Å². The van der Waals surface area contributed by atoms with Crippen molar-refractivity contribution < 1.29 is 62.9 Å². The van der Waals surface area contributed by atoms with Crippen molar-refractivity contribution >= 4 is 5.97 Å². The van der Waals surface area contributed by atoms with Gasteiger partial charge in [0.2, 0.25) is 11.7 Å². The van der Waals surface area contributed by atoms with E-state index in [0.717, 1.165) is 6.92 Å². The number of carbonyl (C=O) groups is 1. The normalized spacial score (nSPS) is 19.7. The molecule has 14 heteroatoms. The Kier molecular flexibility index (Phi) is 6.97. The van der Waals surface area contributed by atoms with Crippen LogP contribution in [0.2, 0.25) is 0 Å². The van der Waals surface area contributed by atoms with E-state index in [0.29, 0.717) is 0 Å². The predicted molar refractivity (Wildman–Crippen MR) is 62.0 cm³/mol. The van der Waals surface area contributed by atoms with Crippen LogP contribution in [0.4, 0.5) is 48.3 Å². The first-order valence-electron chi connectivity index (χ1n) is 6.65. The van der Waals surface area contributed by atoms with Crippen LogP contribution in [-0.4, -0.2) is 47.7 Å². The van der Waals surface area contributed by atoms with Crippen molar-refractivity contribution in [3.8, 4) is 0 Å². The molecule has 0 rings (SSSR count). The van der Waals surface area contributed by atoms with Gasteiger partial charge in [-0.05, 0) is 13.3 Å². The lowest BCUT2D eigenvalue weighted by Crippen LogP contribution is -2.56. The maximum absolute atomic E-state index is 12.8. The molecule has 0 aromatic heterocycles. The zero-order valence-corrected chi connectivity index (χ0v) is 13.0. The standard InChI is InChI=1S/C12H13F11O3/c1-3-8(2,11(18,19)20)7(24)26-5(10(15,16)17)4-9(25,6(13)14)12(21,22)23/h5-6,25H,3-4H2,1-2H3. The first-order valence-corrected chi connectivity index (χ1v) is 6.65. The van der Waals surface area contributed by atoms with E-state index in [9.17, 15) is 53.1 Å². The highest BCUT2D eigenvalue weighted by molar-refractivity contribution is 5.77. The van der Waals surface area contributed by atoms with Gasteiger partial charge in [-0.15, -0.1) is 0 Å². The number of hydrogen-bond acceptors (Lipinski definition) is 3. The van der Waals surface area contributed by atoms with Gasteiger partial charge in [-0.2, -0.15) is 39.5 Å². The van der Waals surface area contributed by atoms with E-state index in [1.807, 2.05) is 0 Å². The van der Waals surface area contributed by atoms with Gasteiger partial charge in [0.1, 0.15) is 0 Å². The third-order valence-electron chi connectivity index (χ3n) is 3.75. The molecule has 0 aromatic carbocycles. The number of alkyl halides is 11. The van der Waals surface area contributed by atoms with Gasteiger partial charge >= 0.3 is 24.5 Å². The van der Waals surface area contributed by atoms with E-state index in [2.05, 4.69) is 4.74 Å². The maximum Gasteiger partial charge on any atom is 0.425 e. The summed E-state index contributed by atoms with van der Waals surface area (Å²) in [5.74, 6) is -2.62. The van der Waals surface area contributed by atoms with Gasteiger partial charge in [0.05, 0.1) is 0 Å². The molecule has 156 valence electrons. The minimum absolute atomic E-state index is 0.131. The molecule has 3 nitrogen and oxygen atoms in total. The van der Waals surface area contributed by atoms with Gasteiger partial charge in [-0.3, -0.25) is 4.79 Å².